The largest absolute Gasteiger partial charge is 0.265 e. The van der Waals surface area contributed by atoms with Crippen LogP contribution in [0.15, 0.2) is 43.0 Å². The molecule has 1 aromatic carbocycles. The highest BCUT2D eigenvalue weighted by Gasteiger charge is 2.08. The highest BCUT2D eigenvalue weighted by Crippen LogP contribution is 2.11. The zero-order chi connectivity index (χ0) is 13.2. The van der Waals surface area contributed by atoms with Crippen molar-refractivity contribution in [1.29, 1.82) is 0 Å². The molecule has 0 aliphatic heterocycles. The first-order valence-corrected chi connectivity index (χ1v) is 5.86. The van der Waals surface area contributed by atoms with E-state index in [0.717, 1.165) is 5.56 Å². The Morgan fingerprint density at radius 2 is 2.16 bits per heavy atom. The topological polar surface area (TPSA) is 48.5 Å². The quantitative estimate of drug-likeness (QED) is 0.720. The summed E-state index contributed by atoms with van der Waals surface area (Å²) in [5.41, 5.74) is 1.73. The molecule has 5 nitrogen and oxygen atoms in total. The summed E-state index contributed by atoms with van der Waals surface area (Å²) in [5.74, 6) is 0.405. The molecule has 0 fully saturated rings. The van der Waals surface area contributed by atoms with Gasteiger partial charge in [0.05, 0.1) is 11.9 Å². The van der Waals surface area contributed by atoms with Crippen LogP contribution < -0.4 is 0 Å². The van der Waals surface area contributed by atoms with Crippen molar-refractivity contribution in [1.82, 2.24) is 24.5 Å². The number of nitrogens with zero attached hydrogens (tertiary/aromatic N) is 5. The molecule has 2 aromatic heterocycles. The molecule has 3 aromatic rings. The van der Waals surface area contributed by atoms with Crippen LogP contribution >= 0.6 is 0 Å². The maximum atomic E-state index is 13.2. The zero-order valence-electron chi connectivity index (χ0n) is 10.4. The average molecular weight is 257 g/mol. The summed E-state index contributed by atoms with van der Waals surface area (Å²) in [7, 11) is 0. The van der Waals surface area contributed by atoms with E-state index >= 15 is 0 Å². The van der Waals surface area contributed by atoms with Crippen LogP contribution in [0.2, 0.25) is 0 Å². The molecule has 0 N–H and O–H groups in total. The van der Waals surface area contributed by atoms with E-state index < -0.39 is 0 Å². The molecule has 0 saturated heterocycles. The molecule has 0 radical (unpaired) electrons. The van der Waals surface area contributed by atoms with E-state index in [1.165, 1.54) is 18.5 Å². The van der Waals surface area contributed by atoms with Gasteiger partial charge >= 0.3 is 0 Å². The van der Waals surface area contributed by atoms with Crippen molar-refractivity contribution in [2.75, 3.05) is 0 Å². The Labute approximate surface area is 109 Å². The normalized spacial score (nSPS) is 10.8. The summed E-state index contributed by atoms with van der Waals surface area (Å²) in [6.07, 6.45) is 5.16. The second-order valence-corrected chi connectivity index (χ2v) is 4.28. The molecule has 0 unspecified atom stereocenters. The van der Waals surface area contributed by atoms with Crippen LogP contribution in [0.3, 0.4) is 0 Å². The highest BCUT2D eigenvalue weighted by atomic mass is 19.1. The Morgan fingerprint density at radius 1 is 1.26 bits per heavy atom. The van der Waals surface area contributed by atoms with Gasteiger partial charge in [-0.3, -0.25) is 4.68 Å². The lowest BCUT2D eigenvalue weighted by atomic mass is 10.3. The second-order valence-electron chi connectivity index (χ2n) is 4.28. The van der Waals surface area contributed by atoms with Gasteiger partial charge in [-0.15, -0.1) is 0 Å². The molecule has 0 atom stereocenters. The van der Waals surface area contributed by atoms with Crippen molar-refractivity contribution in [2.24, 2.45) is 0 Å². The van der Waals surface area contributed by atoms with Gasteiger partial charge in [0.25, 0.3) is 0 Å². The average Bonchev–Trinajstić information content (AvgIpc) is 2.99. The smallest absolute Gasteiger partial charge is 0.153 e. The first-order chi connectivity index (χ1) is 9.22. The van der Waals surface area contributed by atoms with E-state index in [1.54, 1.807) is 27.7 Å². The first-order valence-electron chi connectivity index (χ1n) is 5.86. The van der Waals surface area contributed by atoms with Crippen LogP contribution in [-0.4, -0.2) is 24.5 Å². The maximum Gasteiger partial charge on any atom is 0.153 e. The minimum absolute atomic E-state index is 0.297. The van der Waals surface area contributed by atoms with Gasteiger partial charge in [0.2, 0.25) is 0 Å². The molecule has 19 heavy (non-hydrogen) atoms. The van der Waals surface area contributed by atoms with Crippen molar-refractivity contribution in [3.05, 3.63) is 60.2 Å². The van der Waals surface area contributed by atoms with Crippen LogP contribution in [-0.2, 0) is 6.54 Å². The van der Waals surface area contributed by atoms with Crippen molar-refractivity contribution >= 4 is 0 Å². The van der Waals surface area contributed by atoms with Crippen LogP contribution in [0.25, 0.3) is 5.69 Å². The molecule has 0 saturated carbocycles. The molecule has 0 spiro atoms. The molecule has 0 amide bonds. The minimum atomic E-state index is -0.297. The summed E-state index contributed by atoms with van der Waals surface area (Å²) in [6.45, 7) is 2.46. The van der Waals surface area contributed by atoms with Gasteiger partial charge in [-0.25, -0.2) is 14.1 Å². The van der Waals surface area contributed by atoms with E-state index in [2.05, 4.69) is 15.2 Å². The number of benzene rings is 1. The van der Waals surface area contributed by atoms with E-state index in [4.69, 9.17) is 0 Å². The molecular weight excluding hydrogens is 245 g/mol. The molecule has 2 heterocycles. The summed E-state index contributed by atoms with van der Waals surface area (Å²) in [6, 6.07) is 6.26. The molecular formula is C13H12FN5. The monoisotopic (exact) mass is 257 g/mol. The van der Waals surface area contributed by atoms with E-state index in [1.807, 2.05) is 13.1 Å². The standard InChI is InChI=1S/C13H12FN5/c1-10-6-16-18(7-10)8-13-15-9-17-19(13)12-4-2-3-11(14)5-12/h2-7,9H,8H2,1H3. The van der Waals surface area contributed by atoms with Crippen molar-refractivity contribution in [3.8, 4) is 5.69 Å². The van der Waals surface area contributed by atoms with E-state index in [9.17, 15) is 4.39 Å². The summed E-state index contributed by atoms with van der Waals surface area (Å²) in [5, 5.41) is 8.33. The van der Waals surface area contributed by atoms with Gasteiger partial charge in [-0.1, -0.05) is 6.07 Å². The van der Waals surface area contributed by atoms with Gasteiger partial charge in [-0.2, -0.15) is 10.2 Å². The molecule has 0 bridgehead atoms. The molecule has 0 aliphatic carbocycles. The van der Waals surface area contributed by atoms with E-state index in [-0.39, 0.29) is 5.82 Å². The van der Waals surface area contributed by atoms with Gasteiger partial charge in [0.15, 0.2) is 5.82 Å². The van der Waals surface area contributed by atoms with Crippen LogP contribution in [0.5, 0.6) is 0 Å². The summed E-state index contributed by atoms with van der Waals surface area (Å²) in [4.78, 5) is 4.20. The third-order valence-electron chi connectivity index (χ3n) is 2.74. The summed E-state index contributed by atoms with van der Waals surface area (Å²) >= 11 is 0. The predicted octanol–water partition coefficient (Wildman–Crippen LogP) is 1.96. The van der Waals surface area contributed by atoms with Gasteiger partial charge < -0.3 is 0 Å². The molecule has 0 aliphatic rings. The third kappa shape index (κ3) is 2.37. The Morgan fingerprint density at radius 3 is 2.89 bits per heavy atom. The van der Waals surface area contributed by atoms with Crippen LogP contribution in [0.1, 0.15) is 11.4 Å². The second kappa shape index (κ2) is 4.64. The lowest BCUT2D eigenvalue weighted by Crippen LogP contribution is -2.09. The lowest BCUT2D eigenvalue weighted by molar-refractivity contribution is 0.617. The maximum absolute atomic E-state index is 13.2. The minimum Gasteiger partial charge on any atom is -0.265 e. The SMILES string of the molecule is Cc1cnn(Cc2ncnn2-c2cccc(F)c2)c1. The lowest BCUT2D eigenvalue weighted by Gasteiger charge is -2.06. The fourth-order valence-electron chi connectivity index (χ4n) is 1.90. The van der Waals surface area contributed by atoms with E-state index in [0.29, 0.717) is 18.1 Å². The Balaban J connectivity index is 1.94. The fourth-order valence-corrected chi connectivity index (χ4v) is 1.90. The number of aryl methyl sites for hydroxylation is 1. The Hall–Kier alpha value is -2.50. The number of aromatic nitrogens is 5. The first kappa shape index (κ1) is 11.6. The number of hydrogen-bond acceptors (Lipinski definition) is 3. The third-order valence-corrected chi connectivity index (χ3v) is 2.74. The fraction of sp³-hybridized carbons (Fsp3) is 0.154. The summed E-state index contributed by atoms with van der Waals surface area (Å²) < 4.78 is 16.6. The highest BCUT2D eigenvalue weighted by molar-refractivity contribution is 5.31. The predicted molar refractivity (Wildman–Crippen MR) is 67.4 cm³/mol. The van der Waals surface area contributed by atoms with Crippen molar-refractivity contribution < 1.29 is 4.39 Å². The number of hydrogen-bond donors (Lipinski definition) is 0. The van der Waals surface area contributed by atoms with Crippen molar-refractivity contribution in [2.45, 2.75) is 13.5 Å². The number of halogens is 1. The van der Waals surface area contributed by atoms with Gasteiger partial charge in [0, 0.05) is 6.20 Å². The van der Waals surface area contributed by atoms with Crippen LogP contribution in [0.4, 0.5) is 4.39 Å². The Bertz CT molecular complexity index is 700. The van der Waals surface area contributed by atoms with Gasteiger partial charge in [-0.05, 0) is 30.7 Å². The molecule has 3 rings (SSSR count). The van der Waals surface area contributed by atoms with Crippen molar-refractivity contribution in [3.63, 3.8) is 0 Å². The number of rotatable bonds is 3. The molecule has 6 heteroatoms. The molecule has 96 valence electrons. The Kier molecular flexibility index (Phi) is 2.83. The van der Waals surface area contributed by atoms with Gasteiger partial charge in [0.1, 0.15) is 18.7 Å². The van der Waals surface area contributed by atoms with Crippen LogP contribution in [0, 0.1) is 12.7 Å². The zero-order valence-corrected chi connectivity index (χ0v) is 10.4.